The first kappa shape index (κ1) is 24.1. The van der Waals surface area contributed by atoms with Gasteiger partial charge in [0.25, 0.3) is 0 Å². The molecule has 0 aromatic rings. The molecule has 1 aliphatic heterocycles. The van der Waals surface area contributed by atoms with E-state index in [-0.39, 0.29) is 12.4 Å². The van der Waals surface area contributed by atoms with Gasteiger partial charge in [-0.15, -0.1) is 0 Å². The molecule has 0 radical (unpaired) electrons. The second kappa shape index (κ2) is 10.0. The third-order valence-corrected chi connectivity index (χ3v) is 5.61. The highest BCUT2D eigenvalue weighted by molar-refractivity contribution is 8.13. The summed E-state index contributed by atoms with van der Waals surface area (Å²) in [7, 11) is 0. The second-order valence-electron chi connectivity index (χ2n) is 7.05. The average Bonchev–Trinajstić information content (AvgIpc) is 2.86. The lowest BCUT2D eigenvalue weighted by atomic mass is 9.81. The van der Waals surface area contributed by atoms with Gasteiger partial charge in [-0.2, -0.15) is 0 Å². The summed E-state index contributed by atoms with van der Waals surface area (Å²) in [5, 5.41) is 25.3. The minimum Gasteiger partial charge on any atom is -0.460 e. The fraction of sp³-hybridized carbons (Fsp3) is 0.667. The summed E-state index contributed by atoms with van der Waals surface area (Å²) in [6, 6.07) is -1.12. The van der Waals surface area contributed by atoms with Gasteiger partial charge >= 0.3 is 5.97 Å². The van der Waals surface area contributed by atoms with Gasteiger partial charge in [-0.3, -0.25) is 14.4 Å². The monoisotopic (exact) mass is 416 g/mol. The number of amides is 2. The van der Waals surface area contributed by atoms with Crippen molar-refractivity contribution in [1.82, 2.24) is 10.6 Å². The van der Waals surface area contributed by atoms with Crippen molar-refractivity contribution in [3.63, 3.8) is 0 Å². The lowest BCUT2D eigenvalue weighted by molar-refractivity contribution is -0.145. The first-order valence-corrected chi connectivity index (χ1v) is 9.87. The van der Waals surface area contributed by atoms with Gasteiger partial charge in [-0.25, -0.2) is 4.79 Å². The molecule has 1 fully saturated rings. The van der Waals surface area contributed by atoms with Crippen molar-refractivity contribution in [2.75, 3.05) is 12.4 Å². The molecule has 0 aliphatic carbocycles. The van der Waals surface area contributed by atoms with E-state index in [0.29, 0.717) is 11.8 Å². The van der Waals surface area contributed by atoms with Gasteiger partial charge in [-0.05, 0) is 5.92 Å². The smallest absolute Gasteiger partial charge is 0.329 e. The number of thioether (sulfide) groups is 1. The summed E-state index contributed by atoms with van der Waals surface area (Å²) >= 11 is 0.623. The van der Waals surface area contributed by atoms with Crippen LogP contribution in [-0.4, -0.2) is 69.3 Å². The predicted molar refractivity (Wildman–Crippen MR) is 103 cm³/mol. The summed E-state index contributed by atoms with van der Waals surface area (Å²) in [5.74, 6) is -3.32. The quantitative estimate of drug-likeness (QED) is 0.287. The topological polar surface area (TPSA) is 142 Å². The van der Waals surface area contributed by atoms with Crippen LogP contribution in [0.5, 0.6) is 0 Å². The standard InChI is InChI=1S/C18H28N2O7S/c1-6-7-27-16(25)12(19-11(5)21)8-28-17(26)18(13(22)9(2)3)14(23)10(4)15(24)20-18/h6,9-10,12-14,22-23H,1,7-8H2,2-5H3,(H,19,21)(H,20,24)/t10-,12+,13+,14+,18-/m1/s1. The van der Waals surface area contributed by atoms with Crippen molar-refractivity contribution in [2.24, 2.45) is 11.8 Å². The van der Waals surface area contributed by atoms with Crippen LogP contribution in [0.15, 0.2) is 12.7 Å². The number of rotatable bonds is 9. The van der Waals surface area contributed by atoms with Crippen molar-refractivity contribution in [3.8, 4) is 0 Å². The third kappa shape index (κ3) is 5.12. The molecular weight excluding hydrogens is 388 g/mol. The molecule has 4 N–H and O–H groups in total. The molecule has 0 saturated carbocycles. The van der Waals surface area contributed by atoms with Crippen LogP contribution in [0.1, 0.15) is 27.7 Å². The van der Waals surface area contributed by atoms with Crippen molar-refractivity contribution < 1.29 is 34.1 Å². The van der Waals surface area contributed by atoms with E-state index in [1.807, 2.05) is 0 Å². The van der Waals surface area contributed by atoms with Gasteiger partial charge in [0.15, 0.2) is 5.54 Å². The summed E-state index contributed by atoms with van der Waals surface area (Å²) in [4.78, 5) is 48.5. The highest BCUT2D eigenvalue weighted by Crippen LogP contribution is 2.36. The van der Waals surface area contributed by atoms with Gasteiger partial charge in [0.05, 0.1) is 18.1 Å². The molecule has 1 aliphatic rings. The summed E-state index contributed by atoms with van der Waals surface area (Å²) in [6.45, 7) is 9.34. The highest BCUT2D eigenvalue weighted by Gasteiger charge is 2.60. The predicted octanol–water partition coefficient (Wildman–Crippen LogP) is -0.637. The lowest BCUT2D eigenvalue weighted by Crippen LogP contribution is -2.64. The summed E-state index contributed by atoms with van der Waals surface area (Å²) < 4.78 is 4.91. The Kier molecular flexibility index (Phi) is 8.65. The first-order valence-electron chi connectivity index (χ1n) is 8.89. The molecule has 2 amide bonds. The maximum absolute atomic E-state index is 13.0. The Hall–Kier alpha value is -1.91. The molecule has 0 bridgehead atoms. The van der Waals surface area contributed by atoms with Crippen LogP contribution >= 0.6 is 11.8 Å². The number of carbonyl (C=O) groups excluding carboxylic acids is 4. The Morgan fingerprint density at radius 1 is 1.43 bits per heavy atom. The second-order valence-corrected chi connectivity index (χ2v) is 8.04. The Labute approximate surface area is 168 Å². The number of aliphatic hydroxyl groups is 2. The van der Waals surface area contributed by atoms with Gasteiger partial charge in [0, 0.05) is 12.7 Å². The number of aliphatic hydroxyl groups excluding tert-OH is 2. The van der Waals surface area contributed by atoms with Crippen LogP contribution in [0.25, 0.3) is 0 Å². The summed E-state index contributed by atoms with van der Waals surface area (Å²) in [5.41, 5.74) is -1.90. The molecule has 5 atom stereocenters. The number of ether oxygens (including phenoxy) is 1. The van der Waals surface area contributed by atoms with Gasteiger partial charge in [-0.1, -0.05) is 45.2 Å². The van der Waals surface area contributed by atoms with E-state index >= 15 is 0 Å². The van der Waals surface area contributed by atoms with Crippen molar-refractivity contribution in [1.29, 1.82) is 0 Å². The normalized spacial score (nSPS) is 26.3. The van der Waals surface area contributed by atoms with Crippen LogP contribution in [0.3, 0.4) is 0 Å². The molecule has 0 spiro atoms. The van der Waals surface area contributed by atoms with Crippen molar-refractivity contribution in [2.45, 2.75) is 51.5 Å². The zero-order valence-electron chi connectivity index (χ0n) is 16.4. The fourth-order valence-corrected chi connectivity index (χ4v) is 4.00. The van der Waals surface area contributed by atoms with E-state index in [0.717, 1.165) is 0 Å². The third-order valence-electron chi connectivity index (χ3n) is 4.51. The SMILES string of the molecule is C=CCOC(=O)[C@H](CSC(=O)[C@]1([C@@H](O)C(C)C)NC(=O)[C@H](C)[C@@H]1O)NC(C)=O. The van der Waals surface area contributed by atoms with E-state index < -0.39 is 58.5 Å². The van der Waals surface area contributed by atoms with E-state index in [1.54, 1.807) is 13.8 Å². The molecule has 10 heteroatoms. The highest BCUT2D eigenvalue weighted by atomic mass is 32.2. The number of hydrogen-bond donors (Lipinski definition) is 4. The van der Waals surface area contributed by atoms with E-state index in [2.05, 4.69) is 17.2 Å². The largest absolute Gasteiger partial charge is 0.460 e. The van der Waals surface area contributed by atoms with Gasteiger partial charge in [0.1, 0.15) is 12.6 Å². The van der Waals surface area contributed by atoms with Crippen LogP contribution in [0, 0.1) is 11.8 Å². The maximum Gasteiger partial charge on any atom is 0.329 e. The van der Waals surface area contributed by atoms with Crippen LogP contribution in [0.4, 0.5) is 0 Å². The molecule has 158 valence electrons. The molecular formula is C18H28N2O7S. The van der Waals surface area contributed by atoms with Crippen LogP contribution < -0.4 is 10.6 Å². The Morgan fingerprint density at radius 3 is 2.46 bits per heavy atom. The van der Waals surface area contributed by atoms with E-state index in [9.17, 15) is 29.4 Å². The Balaban J connectivity index is 3.03. The number of esters is 1. The molecule has 0 unspecified atom stereocenters. The van der Waals surface area contributed by atoms with E-state index in [4.69, 9.17) is 4.74 Å². The van der Waals surface area contributed by atoms with E-state index in [1.165, 1.54) is 19.9 Å². The number of carbonyl (C=O) groups is 4. The molecule has 0 aromatic carbocycles. The van der Waals surface area contributed by atoms with Crippen LogP contribution in [-0.2, 0) is 23.9 Å². The zero-order chi connectivity index (χ0) is 21.6. The van der Waals surface area contributed by atoms with Gasteiger partial charge in [0.2, 0.25) is 16.9 Å². The summed E-state index contributed by atoms with van der Waals surface area (Å²) in [6.07, 6.45) is -1.42. The van der Waals surface area contributed by atoms with Crippen molar-refractivity contribution >= 4 is 34.7 Å². The zero-order valence-corrected chi connectivity index (χ0v) is 17.2. The maximum atomic E-state index is 13.0. The molecule has 1 rings (SSSR count). The van der Waals surface area contributed by atoms with Gasteiger partial charge < -0.3 is 25.6 Å². The molecule has 1 heterocycles. The molecule has 1 saturated heterocycles. The van der Waals surface area contributed by atoms with Crippen molar-refractivity contribution in [3.05, 3.63) is 12.7 Å². The molecule has 9 nitrogen and oxygen atoms in total. The molecule has 0 aromatic heterocycles. The fourth-order valence-electron chi connectivity index (χ4n) is 2.93. The Morgan fingerprint density at radius 2 is 2.04 bits per heavy atom. The number of nitrogens with one attached hydrogen (secondary N) is 2. The number of hydrogen-bond acceptors (Lipinski definition) is 8. The average molecular weight is 416 g/mol. The first-order chi connectivity index (χ1) is 13.0. The lowest BCUT2D eigenvalue weighted by Gasteiger charge is -2.37. The minimum absolute atomic E-state index is 0.0597. The van der Waals surface area contributed by atoms with Crippen LogP contribution in [0.2, 0.25) is 0 Å². The minimum atomic E-state index is -1.90. The Bertz CT molecular complexity index is 639. The molecule has 28 heavy (non-hydrogen) atoms.